The van der Waals surface area contributed by atoms with Crippen molar-refractivity contribution >= 4 is 54.3 Å². The number of hydrogen-bond donors (Lipinski definition) is 0. The molecule has 0 saturated heterocycles. The summed E-state index contributed by atoms with van der Waals surface area (Å²) in [6.07, 6.45) is 0. The molecule has 0 aliphatic heterocycles. The van der Waals surface area contributed by atoms with Gasteiger partial charge in [0.15, 0.2) is 17.5 Å². The van der Waals surface area contributed by atoms with Crippen molar-refractivity contribution in [2.24, 2.45) is 0 Å². The van der Waals surface area contributed by atoms with Crippen LogP contribution in [0.2, 0.25) is 0 Å². The van der Waals surface area contributed by atoms with E-state index in [1.54, 1.807) is 0 Å². The molecule has 0 saturated carbocycles. The van der Waals surface area contributed by atoms with Crippen molar-refractivity contribution < 1.29 is 4.42 Å². The maximum Gasteiger partial charge on any atom is 0.164 e. The Kier molecular flexibility index (Phi) is 6.15. The van der Waals surface area contributed by atoms with Crippen LogP contribution in [0.5, 0.6) is 0 Å². The number of hydrogen-bond acceptors (Lipinski definition) is 4. The van der Waals surface area contributed by atoms with Crippen molar-refractivity contribution in [2.75, 3.05) is 0 Å². The summed E-state index contributed by atoms with van der Waals surface area (Å²) in [4.78, 5) is 15.6. The van der Waals surface area contributed by atoms with Gasteiger partial charge in [0.1, 0.15) is 11.2 Å². The second-order valence-electron chi connectivity index (χ2n) is 12.4. The van der Waals surface area contributed by atoms with Crippen molar-refractivity contribution in [3.05, 3.63) is 164 Å². The molecule has 0 spiro atoms. The fourth-order valence-electron chi connectivity index (χ4n) is 7.14. The van der Waals surface area contributed by atoms with Gasteiger partial charge >= 0.3 is 0 Å². The predicted molar refractivity (Wildman–Crippen MR) is 201 cm³/mol. The van der Waals surface area contributed by atoms with E-state index in [9.17, 15) is 0 Å². The predicted octanol–water partition coefficient (Wildman–Crippen LogP) is 11.9. The van der Waals surface area contributed by atoms with Gasteiger partial charge in [-0.05, 0) is 73.8 Å². The van der Waals surface area contributed by atoms with Crippen LogP contribution < -0.4 is 0 Å². The molecule has 0 radical (unpaired) electrons. The molecule has 0 unspecified atom stereocenters. The number of furan rings is 1. The van der Waals surface area contributed by atoms with E-state index < -0.39 is 0 Å². The Hall–Kier alpha value is -6.65. The Morgan fingerprint density at radius 1 is 0.327 bits per heavy atom. The summed E-state index contributed by atoms with van der Waals surface area (Å²) in [5.74, 6) is 1.85. The second-order valence-corrected chi connectivity index (χ2v) is 12.4. The minimum Gasteiger partial charge on any atom is -0.456 e. The molecule has 49 heavy (non-hydrogen) atoms. The molecular formula is C45H27N3O. The zero-order valence-electron chi connectivity index (χ0n) is 26.3. The third-order valence-electron chi connectivity index (χ3n) is 9.48. The van der Waals surface area contributed by atoms with Gasteiger partial charge in [-0.2, -0.15) is 0 Å². The van der Waals surface area contributed by atoms with E-state index in [0.29, 0.717) is 17.5 Å². The Labute approximate surface area is 282 Å². The van der Waals surface area contributed by atoms with Crippen molar-refractivity contribution in [3.63, 3.8) is 0 Å². The summed E-state index contributed by atoms with van der Waals surface area (Å²) >= 11 is 0. The Morgan fingerprint density at radius 3 is 1.82 bits per heavy atom. The summed E-state index contributed by atoms with van der Waals surface area (Å²) in [5, 5.41) is 8.99. The maximum atomic E-state index is 6.43. The fraction of sp³-hybridized carbons (Fsp3) is 0. The first-order valence-corrected chi connectivity index (χ1v) is 16.4. The quantitative estimate of drug-likeness (QED) is 0.195. The zero-order chi connectivity index (χ0) is 32.3. The highest BCUT2D eigenvalue weighted by molar-refractivity contribution is 6.22. The first-order chi connectivity index (χ1) is 24.3. The van der Waals surface area contributed by atoms with E-state index in [4.69, 9.17) is 19.4 Å². The van der Waals surface area contributed by atoms with Gasteiger partial charge in [0.05, 0.1) is 0 Å². The lowest BCUT2D eigenvalue weighted by atomic mass is 9.95. The van der Waals surface area contributed by atoms with Crippen LogP contribution in [0.1, 0.15) is 0 Å². The lowest BCUT2D eigenvalue weighted by molar-refractivity contribution is 0.669. The molecule has 2 heterocycles. The summed E-state index contributed by atoms with van der Waals surface area (Å²) in [5.41, 5.74) is 6.68. The fourth-order valence-corrected chi connectivity index (χ4v) is 7.14. The summed E-state index contributed by atoms with van der Waals surface area (Å²) in [7, 11) is 0. The first kappa shape index (κ1) is 27.5. The van der Waals surface area contributed by atoms with Crippen LogP contribution in [0, 0.1) is 0 Å². The topological polar surface area (TPSA) is 51.8 Å². The van der Waals surface area contributed by atoms with Crippen LogP contribution in [0.15, 0.2) is 168 Å². The molecule has 0 aliphatic carbocycles. The summed E-state index contributed by atoms with van der Waals surface area (Å²) < 4.78 is 6.43. The molecule has 8 aromatic carbocycles. The van der Waals surface area contributed by atoms with Gasteiger partial charge in [0, 0.05) is 27.5 Å². The van der Waals surface area contributed by atoms with E-state index >= 15 is 0 Å². The third kappa shape index (κ3) is 4.57. The van der Waals surface area contributed by atoms with Crippen LogP contribution in [-0.4, -0.2) is 15.0 Å². The molecule has 4 nitrogen and oxygen atoms in total. The highest BCUT2D eigenvalue weighted by Gasteiger charge is 2.20. The zero-order valence-corrected chi connectivity index (χ0v) is 26.3. The molecule has 0 N–H and O–H groups in total. The van der Waals surface area contributed by atoms with E-state index in [0.717, 1.165) is 71.3 Å². The summed E-state index contributed by atoms with van der Waals surface area (Å²) in [6.45, 7) is 0. The molecule has 228 valence electrons. The van der Waals surface area contributed by atoms with Crippen LogP contribution in [0.25, 0.3) is 99.5 Å². The van der Waals surface area contributed by atoms with Gasteiger partial charge in [-0.1, -0.05) is 133 Å². The molecule has 0 bridgehead atoms. The number of aromatic nitrogens is 3. The minimum absolute atomic E-state index is 0.602. The number of nitrogens with zero attached hydrogens (tertiary/aromatic N) is 3. The maximum absolute atomic E-state index is 6.43. The summed E-state index contributed by atoms with van der Waals surface area (Å²) in [6, 6.07) is 56.9. The van der Waals surface area contributed by atoms with Crippen LogP contribution in [-0.2, 0) is 0 Å². The molecule has 10 rings (SSSR count). The first-order valence-electron chi connectivity index (χ1n) is 16.4. The van der Waals surface area contributed by atoms with Gasteiger partial charge in [0.2, 0.25) is 0 Å². The standard InChI is InChI=1S/C45H27N3O/c1-2-13-30(14-3-1)43-46-44(37-19-10-20-39-42(37)41-36-18-9-6-12-29(36)23-24-40(41)49-39)48-45(47-43)38-27-34(26-33-16-7-8-17-35(33)38)32-22-21-28-11-4-5-15-31(28)25-32/h1-27H. The highest BCUT2D eigenvalue weighted by atomic mass is 16.3. The average molecular weight is 626 g/mol. The third-order valence-corrected chi connectivity index (χ3v) is 9.48. The van der Waals surface area contributed by atoms with E-state index in [1.807, 2.05) is 42.5 Å². The molecule has 4 heteroatoms. The smallest absolute Gasteiger partial charge is 0.164 e. The lowest BCUT2D eigenvalue weighted by Gasteiger charge is -2.13. The number of benzene rings is 8. The molecule has 0 fully saturated rings. The van der Waals surface area contributed by atoms with E-state index in [1.165, 1.54) is 10.8 Å². The van der Waals surface area contributed by atoms with E-state index in [-0.39, 0.29) is 0 Å². The average Bonchev–Trinajstić information content (AvgIpc) is 3.57. The van der Waals surface area contributed by atoms with Crippen molar-refractivity contribution in [2.45, 2.75) is 0 Å². The van der Waals surface area contributed by atoms with Crippen molar-refractivity contribution in [3.8, 4) is 45.3 Å². The number of rotatable bonds is 4. The van der Waals surface area contributed by atoms with Gasteiger partial charge < -0.3 is 4.42 Å². The molecule has 0 atom stereocenters. The van der Waals surface area contributed by atoms with Gasteiger partial charge in [-0.25, -0.2) is 15.0 Å². The second kappa shape index (κ2) is 11.0. The van der Waals surface area contributed by atoms with Crippen LogP contribution in [0.4, 0.5) is 0 Å². The molecular weight excluding hydrogens is 599 g/mol. The van der Waals surface area contributed by atoms with Crippen LogP contribution in [0.3, 0.4) is 0 Å². The normalized spacial score (nSPS) is 11.7. The molecule has 10 aromatic rings. The Balaban J connectivity index is 1.26. The van der Waals surface area contributed by atoms with Crippen molar-refractivity contribution in [1.82, 2.24) is 15.0 Å². The highest BCUT2D eigenvalue weighted by Crippen LogP contribution is 2.41. The van der Waals surface area contributed by atoms with E-state index in [2.05, 4.69) is 121 Å². The number of fused-ring (bicyclic) bond motifs is 7. The molecule has 0 amide bonds. The Morgan fingerprint density at radius 2 is 0.959 bits per heavy atom. The monoisotopic (exact) mass is 625 g/mol. The largest absolute Gasteiger partial charge is 0.456 e. The SMILES string of the molecule is c1ccc(-c2nc(-c3cc(-c4ccc5ccccc5c4)cc4ccccc34)nc(-c3cccc4oc5ccc6ccccc6c5c34)n2)cc1. The lowest BCUT2D eigenvalue weighted by Crippen LogP contribution is -2.01. The minimum atomic E-state index is 0.602. The van der Waals surface area contributed by atoms with Crippen molar-refractivity contribution in [1.29, 1.82) is 0 Å². The van der Waals surface area contributed by atoms with Gasteiger partial charge in [0.25, 0.3) is 0 Å². The molecule has 2 aromatic heterocycles. The Bertz CT molecular complexity index is 2890. The van der Waals surface area contributed by atoms with Gasteiger partial charge in [-0.3, -0.25) is 0 Å². The molecule has 0 aliphatic rings. The van der Waals surface area contributed by atoms with Crippen LogP contribution >= 0.6 is 0 Å². The van der Waals surface area contributed by atoms with Gasteiger partial charge in [-0.15, -0.1) is 0 Å².